The molecule has 0 amide bonds. The van der Waals surface area contributed by atoms with Gasteiger partial charge in [-0.2, -0.15) is 5.10 Å². The second-order valence-electron chi connectivity index (χ2n) is 8.33. The summed E-state index contributed by atoms with van der Waals surface area (Å²) in [6.45, 7) is 5.42. The number of alkyl halides is 1. The summed E-state index contributed by atoms with van der Waals surface area (Å²) in [5, 5.41) is 18.6. The first-order valence-corrected chi connectivity index (χ1v) is 9.99. The second kappa shape index (κ2) is 7.63. The van der Waals surface area contributed by atoms with Gasteiger partial charge >= 0.3 is 0 Å². The summed E-state index contributed by atoms with van der Waals surface area (Å²) in [5.41, 5.74) is 4.46. The maximum Gasteiger partial charge on any atom is 0.112 e. The van der Waals surface area contributed by atoms with Gasteiger partial charge in [0.2, 0.25) is 0 Å². The number of aliphatic hydroxyl groups is 1. The topological polar surface area (TPSA) is 76.7 Å². The minimum absolute atomic E-state index is 0.186. The molecule has 2 atom stereocenters. The van der Waals surface area contributed by atoms with E-state index in [0.29, 0.717) is 35.8 Å². The number of imidazole rings is 1. The van der Waals surface area contributed by atoms with Crippen LogP contribution in [0.1, 0.15) is 48.8 Å². The maximum absolute atomic E-state index is 14.1. The maximum atomic E-state index is 14.1. The fraction of sp³-hybridized carbons (Fsp3) is 0.455. The highest BCUT2D eigenvalue weighted by molar-refractivity contribution is 5.57. The molecule has 152 valence electrons. The van der Waals surface area contributed by atoms with Crippen molar-refractivity contribution in [1.29, 1.82) is 0 Å². The Morgan fingerprint density at radius 2 is 2.03 bits per heavy atom. The SMILES string of the molecule is Cc1cn(-c2ccc(-c3cc(C)c(CC4CCC(C)(F)C4)nn3)nc2CO)cn1. The van der Waals surface area contributed by atoms with Crippen LogP contribution < -0.4 is 0 Å². The Morgan fingerprint density at radius 3 is 2.66 bits per heavy atom. The van der Waals surface area contributed by atoms with Gasteiger partial charge in [-0.1, -0.05) is 0 Å². The number of aliphatic hydroxyl groups excluding tert-OH is 1. The zero-order valence-electron chi connectivity index (χ0n) is 17.1. The lowest BCUT2D eigenvalue weighted by Gasteiger charge is -2.14. The molecule has 1 N–H and O–H groups in total. The van der Waals surface area contributed by atoms with Gasteiger partial charge in [-0.05, 0) is 76.1 Å². The van der Waals surface area contributed by atoms with Crippen LogP contribution >= 0.6 is 0 Å². The smallest absolute Gasteiger partial charge is 0.112 e. The summed E-state index contributed by atoms with van der Waals surface area (Å²) < 4.78 is 16.0. The van der Waals surface area contributed by atoms with Gasteiger partial charge in [0, 0.05) is 6.20 Å². The molecule has 7 heteroatoms. The standard InChI is InChI=1S/C22H26FN5O/c1-14-8-19(27-26-18(14)9-16-6-7-22(3,23)10-16)17-4-5-21(20(12-29)25-17)28-11-15(2)24-13-28/h4-5,8,11,13,16,29H,6-7,9-10,12H2,1-3H3. The summed E-state index contributed by atoms with van der Waals surface area (Å²) in [6, 6.07) is 5.75. The van der Waals surface area contributed by atoms with Crippen LogP contribution in [0.15, 0.2) is 30.7 Å². The summed E-state index contributed by atoms with van der Waals surface area (Å²) in [5.74, 6) is 0.320. The molecule has 6 nitrogen and oxygen atoms in total. The van der Waals surface area contributed by atoms with Gasteiger partial charge in [-0.25, -0.2) is 14.4 Å². The van der Waals surface area contributed by atoms with E-state index < -0.39 is 5.67 Å². The lowest BCUT2D eigenvalue weighted by molar-refractivity contribution is 0.192. The Bertz CT molecular complexity index is 1030. The van der Waals surface area contributed by atoms with E-state index in [1.165, 1.54) is 0 Å². The van der Waals surface area contributed by atoms with Gasteiger partial charge < -0.3 is 9.67 Å². The van der Waals surface area contributed by atoms with Crippen LogP contribution in [0.4, 0.5) is 4.39 Å². The van der Waals surface area contributed by atoms with Crippen LogP contribution in [0.3, 0.4) is 0 Å². The first-order chi connectivity index (χ1) is 13.8. The molecule has 0 saturated heterocycles. The van der Waals surface area contributed by atoms with Gasteiger partial charge in [-0.15, -0.1) is 5.10 Å². The van der Waals surface area contributed by atoms with Gasteiger partial charge in [0.1, 0.15) is 11.4 Å². The predicted molar refractivity (Wildman–Crippen MR) is 108 cm³/mol. The van der Waals surface area contributed by atoms with Crippen molar-refractivity contribution in [2.75, 3.05) is 0 Å². The van der Waals surface area contributed by atoms with Gasteiger partial charge in [0.25, 0.3) is 0 Å². The minimum Gasteiger partial charge on any atom is -0.390 e. The van der Waals surface area contributed by atoms with E-state index in [9.17, 15) is 9.50 Å². The Balaban J connectivity index is 1.58. The number of pyridine rings is 1. The summed E-state index contributed by atoms with van der Waals surface area (Å²) in [7, 11) is 0. The molecule has 0 bridgehead atoms. The van der Waals surface area contributed by atoms with Crippen LogP contribution in [0.5, 0.6) is 0 Å². The first-order valence-electron chi connectivity index (χ1n) is 9.99. The van der Waals surface area contributed by atoms with Gasteiger partial charge in [-0.3, -0.25) is 0 Å². The van der Waals surface area contributed by atoms with Crippen molar-refractivity contribution in [1.82, 2.24) is 24.7 Å². The van der Waals surface area contributed by atoms with E-state index in [2.05, 4.69) is 20.2 Å². The lowest BCUT2D eigenvalue weighted by Crippen LogP contribution is -2.13. The number of nitrogens with zero attached hydrogens (tertiary/aromatic N) is 5. The van der Waals surface area contributed by atoms with Gasteiger partial charge in [0.05, 0.1) is 41.4 Å². The minimum atomic E-state index is -1.05. The average molecular weight is 395 g/mol. The van der Waals surface area contributed by atoms with Crippen molar-refractivity contribution >= 4 is 0 Å². The average Bonchev–Trinajstić information content (AvgIpc) is 3.27. The largest absolute Gasteiger partial charge is 0.390 e. The van der Waals surface area contributed by atoms with E-state index in [0.717, 1.165) is 35.5 Å². The van der Waals surface area contributed by atoms with Crippen molar-refractivity contribution in [3.63, 3.8) is 0 Å². The van der Waals surface area contributed by atoms with E-state index >= 15 is 0 Å². The highest BCUT2D eigenvalue weighted by Gasteiger charge is 2.35. The fourth-order valence-electron chi connectivity index (χ4n) is 4.14. The van der Waals surface area contributed by atoms with E-state index in [-0.39, 0.29) is 6.61 Å². The molecular weight excluding hydrogens is 369 g/mol. The van der Waals surface area contributed by atoms with Gasteiger partial charge in [0.15, 0.2) is 0 Å². The van der Waals surface area contributed by atoms with Crippen molar-refractivity contribution in [3.05, 3.63) is 53.4 Å². The zero-order chi connectivity index (χ0) is 20.6. The Hall–Kier alpha value is -2.67. The number of hydrogen-bond acceptors (Lipinski definition) is 5. The van der Waals surface area contributed by atoms with E-state index in [4.69, 9.17) is 0 Å². The molecule has 29 heavy (non-hydrogen) atoms. The first kappa shape index (κ1) is 19.6. The molecule has 0 radical (unpaired) electrons. The quantitative estimate of drug-likeness (QED) is 0.709. The summed E-state index contributed by atoms with van der Waals surface area (Å²) >= 11 is 0. The molecule has 3 aromatic heterocycles. The third kappa shape index (κ3) is 4.19. The van der Waals surface area contributed by atoms with Crippen molar-refractivity contribution in [3.8, 4) is 17.1 Å². The molecule has 0 spiro atoms. The molecule has 2 unspecified atom stereocenters. The Kier molecular flexibility index (Phi) is 5.17. The molecule has 1 aliphatic carbocycles. The monoisotopic (exact) mass is 395 g/mol. The lowest BCUT2D eigenvalue weighted by atomic mass is 9.97. The highest BCUT2D eigenvalue weighted by Crippen LogP contribution is 2.39. The predicted octanol–water partition coefficient (Wildman–Crippen LogP) is 3.90. The molecule has 3 aromatic rings. The highest BCUT2D eigenvalue weighted by atomic mass is 19.1. The summed E-state index contributed by atoms with van der Waals surface area (Å²) in [4.78, 5) is 8.82. The Morgan fingerprint density at radius 1 is 1.21 bits per heavy atom. The third-order valence-electron chi connectivity index (χ3n) is 5.71. The van der Waals surface area contributed by atoms with Crippen LogP contribution in [-0.2, 0) is 13.0 Å². The van der Waals surface area contributed by atoms with Crippen LogP contribution in [-0.4, -0.2) is 35.5 Å². The fourth-order valence-corrected chi connectivity index (χ4v) is 4.14. The van der Waals surface area contributed by atoms with Crippen molar-refractivity contribution < 1.29 is 9.50 Å². The molecule has 0 aliphatic heterocycles. The number of aromatic nitrogens is 5. The van der Waals surface area contributed by atoms with E-state index in [1.807, 2.05) is 42.8 Å². The molecule has 1 aliphatic rings. The van der Waals surface area contributed by atoms with Crippen molar-refractivity contribution in [2.45, 2.75) is 58.7 Å². The number of aryl methyl sites for hydroxylation is 2. The molecule has 0 aromatic carbocycles. The molecule has 1 fully saturated rings. The zero-order valence-corrected chi connectivity index (χ0v) is 17.1. The summed E-state index contributed by atoms with van der Waals surface area (Å²) in [6.07, 6.45) is 6.46. The molecular formula is C22H26FN5O. The van der Waals surface area contributed by atoms with Crippen LogP contribution in [0.25, 0.3) is 17.1 Å². The molecule has 3 heterocycles. The molecule has 4 rings (SSSR count). The number of halogens is 1. The molecule has 1 saturated carbocycles. The second-order valence-corrected chi connectivity index (χ2v) is 8.33. The van der Waals surface area contributed by atoms with Crippen LogP contribution in [0, 0.1) is 19.8 Å². The van der Waals surface area contributed by atoms with Crippen LogP contribution in [0.2, 0.25) is 0 Å². The Labute approximate surface area is 169 Å². The van der Waals surface area contributed by atoms with E-state index in [1.54, 1.807) is 13.3 Å². The number of rotatable bonds is 5. The normalized spacial score (nSPS) is 21.6. The third-order valence-corrected chi connectivity index (χ3v) is 5.71. The number of hydrogen-bond donors (Lipinski definition) is 1. The van der Waals surface area contributed by atoms with Crippen molar-refractivity contribution in [2.24, 2.45) is 5.92 Å².